The van der Waals surface area contributed by atoms with E-state index >= 15 is 0 Å². The molecule has 0 fully saturated rings. The normalized spacial score (nSPS) is 14.2. The van der Waals surface area contributed by atoms with Gasteiger partial charge in [-0.1, -0.05) is 19.9 Å². The number of nitrogens with two attached hydrogens (primary N) is 1. The third kappa shape index (κ3) is 2.63. The van der Waals surface area contributed by atoms with Crippen molar-refractivity contribution < 1.29 is 20.1 Å². The maximum Gasteiger partial charge on any atom is 0.337 e. The lowest BCUT2D eigenvalue weighted by atomic mass is 9.91. The van der Waals surface area contributed by atoms with Crippen LogP contribution in [-0.4, -0.2) is 21.3 Å². The Bertz CT molecular complexity index is 445. The van der Waals surface area contributed by atoms with Crippen molar-refractivity contribution in [2.75, 3.05) is 5.73 Å². The zero-order valence-electron chi connectivity index (χ0n) is 10.6. The molecular weight excluding hydrogens is 234 g/mol. The van der Waals surface area contributed by atoms with Crippen LogP contribution in [0.2, 0.25) is 0 Å². The lowest BCUT2D eigenvalue weighted by molar-refractivity contribution is 0.0697. The molecule has 100 valence electrons. The van der Waals surface area contributed by atoms with Gasteiger partial charge in [0.1, 0.15) is 0 Å². The van der Waals surface area contributed by atoms with Crippen LogP contribution >= 0.6 is 0 Å². The topological polar surface area (TPSA) is 104 Å². The summed E-state index contributed by atoms with van der Waals surface area (Å²) in [5.74, 6) is -1.14. The molecule has 2 unspecified atom stereocenters. The molecular formula is C13H19NO4. The Morgan fingerprint density at radius 2 is 1.78 bits per heavy atom. The first-order valence-electron chi connectivity index (χ1n) is 5.95. The molecule has 0 amide bonds. The molecule has 1 aromatic carbocycles. The maximum atomic E-state index is 11.0. The summed E-state index contributed by atoms with van der Waals surface area (Å²) >= 11 is 0. The third-order valence-corrected chi connectivity index (χ3v) is 3.02. The van der Waals surface area contributed by atoms with Gasteiger partial charge in [0.2, 0.25) is 0 Å². The molecule has 2 atom stereocenters. The third-order valence-electron chi connectivity index (χ3n) is 3.02. The van der Waals surface area contributed by atoms with Crippen molar-refractivity contribution in [2.24, 2.45) is 0 Å². The van der Waals surface area contributed by atoms with Crippen LogP contribution in [0.5, 0.6) is 0 Å². The van der Waals surface area contributed by atoms with Crippen LogP contribution in [-0.2, 0) is 0 Å². The summed E-state index contributed by atoms with van der Waals surface area (Å²) in [6.07, 6.45) is -0.765. The fourth-order valence-corrected chi connectivity index (χ4v) is 1.93. The molecule has 0 bridgehead atoms. The highest BCUT2D eigenvalue weighted by Crippen LogP contribution is 2.34. The van der Waals surface area contributed by atoms with Crippen molar-refractivity contribution >= 4 is 11.7 Å². The molecule has 0 aliphatic carbocycles. The van der Waals surface area contributed by atoms with E-state index in [1.165, 1.54) is 12.1 Å². The van der Waals surface area contributed by atoms with Crippen LogP contribution in [0.4, 0.5) is 5.69 Å². The Balaban J connectivity index is 3.46. The van der Waals surface area contributed by atoms with Gasteiger partial charge in [-0.2, -0.15) is 0 Å². The van der Waals surface area contributed by atoms with E-state index in [4.69, 9.17) is 10.8 Å². The van der Waals surface area contributed by atoms with Gasteiger partial charge in [0.25, 0.3) is 0 Å². The number of hydrogen-bond donors (Lipinski definition) is 4. The standard InChI is InChI=1S/C13H19NO4/c1-3-9(15)7-5-6-8(13(17)18)12(14)11(7)10(16)4-2/h5-6,9-10,15-16H,3-4,14H2,1-2H3,(H,17,18). The smallest absolute Gasteiger partial charge is 0.337 e. The first-order valence-corrected chi connectivity index (χ1v) is 5.95. The molecule has 5 nitrogen and oxygen atoms in total. The summed E-state index contributed by atoms with van der Waals surface area (Å²) in [5, 5.41) is 28.9. The molecule has 0 aliphatic heterocycles. The van der Waals surface area contributed by atoms with Crippen LogP contribution in [0.15, 0.2) is 12.1 Å². The second-order valence-electron chi connectivity index (χ2n) is 4.18. The molecule has 1 aromatic rings. The number of carboxylic acid groups (broad SMARTS) is 1. The number of nitrogen functional groups attached to an aromatic ring is 1. The average Bonchev–Trinajstić information content (AvgIpc) is 2.35. The second kappa shape index (κ2) is 5.84. The quantitative estimate of drug-likeness (QED) is 0.599. The van der Waals surface area contributed by atoms with Gasteiger partial charge in [-0.05, 0) is 24.5 Å². The minimum absolute atomic E-state index is 0.0295. The molecule has 5 heteroatoms. The molecule has 0 radical (unpaired) electrons. The number of aliphatic hydroxyl groups is 2. The molecule has 0 saturated heterocycles. The summed E-state index contributed by atoms with van der Waals surface area (Å²) < 4.78 is 0. The lowest BCUT2D eigenvalue weighted by Gasteiger charge is -2.21. The van der Waals surface area contributed by atoms with Gasteiger partial charge in [-0.15, -0.1) is 0 Å². The second-order valence-corrected chi connectivity index (χ2v) is 4.18. The Morgan fingerprint density at radius 1 is 1.22 bits per heavy atom. The molecule has 0 aliphatic rings. The number of hydrogen-bond acceptors (Lipinski definition) is 4. The summed E-state index contributed by atoms with van der Waals surface area (Å²) in [5.41, 5.74) is 6.60. The van der Waals surface area contributed by atoms with Crippen LogP contribution in [0.1, 0.15) is 60.4 Å². The zero-order valence-corrected chi connectivity index (χ0v) is 10.6. The molecule has 0 spiro atoms. The fourth-order valence-electron chi connectivity index (χ4n) is 1.93. The van der Waals surface area contributed by atoms with Gasteiger partial charge in [0.05, 0.1) is 23.5 Å². The van der Waals surface area contributed by atoms with Gasteiger partial charge in [-0.3, -0.25) is 0 Å². The molecule has 0 saturated carbocycles. The highest BCUT2D eigenvalue weighted by molar-refractivity contribution is 5.94. The summed E-state index contributed by atoms with van der Waals surface area (Å²) in [4.78, 5) is 11.0. The van der Waals surface area contributed by atoms with E-state index < -0.39 is 18.2 Å². The van der Waals surface area contributed by atoms with Crippen molar-refractivity contribution in [2.45, 2.75) is 38.9 Å². The maximum absolute atomic E-state index is 11.0. The first-order chi connectivity index (χ1) is 8.43. The number of rotatable bonds is 5. The van der Waals surface area contributed by atoms with Crippen molar-refractivity contribution in [1.82, 2.24) is 0 Å². The summed E-state index contributed by atoms with van der Waals surface area (Å²) in [6, 6.07) is 2.87. The predicted molar refractivity (Wildman–Crippen MR) is 68.3 cm³/mol. The minimum atomic E-state index is -1.14. The van der Waals surface area contributed by atoms with Crippen LogP contribution in [0, 0.1) is 0 Å². The van der Waals surface area contributed by atoms with Crippen molar-refractivity contribution in [3.8, 4) is 0 Å². The van der Waals surface area contributed by atoms with Crippen molar-refractivity contribution in [3.05, 3.63) is 28.8 Å². The average molecular weight is 253 g/mol. The Morgan fingerprint density at radius 3 is 2.22 bits per heavy atom. The number of aromatic carboxylic acids is 1. The van der Waals surface area contributed by atoms with E-state index in [9.17, 15) is 15.0 Å². The van der Waals surface area contributed by atoms with Gasteiger partial charge < -0.3 is 21.1 Å². The number of aliphatic hydroxyl groups excluding tert-OH is 2. The summed E-state index contributed by atoms with van der Waals surface area (Å²) in [6.45, 7) is 3.56. The zero-order chi connectivity index (χ0) is 13.9. The van der Waals surface area contributed by atoms with Gasteiger partial charge >= 0.3 is 5.97 Å². The number of anilines is 1. The predicted octanol–water partition coefficient (Wildman–Crippen LogP) is 1.85. The number of carbonyl (C=O) groups is 1. The molecule has 5 N–H and O–H groups in total. The van der Waals surface area contributed by atoms with E-state index in [1.807, 2.05) is 0 Å². The fraction of sp³-hybridized carbons (Fsp3) is 0.462. The van der Waals surface area contributed by atoms with Gasteiger partial charge in [0.15, 0.2) is 0 Å². The lowest BCUT2D eigenvalue weighted by Crippen LogP contribution is -2.13. The van der Waals surface area contributed by atoms with Crippen LogP contribution in [0.3, 0.4) is 0 Å². The van der Waals surface area contributed by atoms with Crippen LogP contribution < -0.4 is 5.73 Å². The van der Waals surface area contributed by atoms with Crippen molar-refractivity contribution in [3.63, 3.8) is 0 Å². The highest BCUT2D eigenvalue weighted by Gasteiger charge is 2.22. The minimum Gasteiger partial charge on any atom is -0.478 e. The van der Waals surface area contributed by atoms with Gasteiger partial charge in [0, 0.05) is 5.56 Å². The van der Waals surface area contributed by atoms with E-state index in [0.29, 0.717) is 24.0 Å². The van der Waals surface area contributed by atoms with E-state index in [-0.39, 0.29) is 11.3 Å². The molecule has 18 heavy (non-hydrogen) atoms. The van der Waals surface area contributed by atoms with E-state index in [1.54, 1.807) is 13.8 Å². The highest BCUT2D eigenvalue weighted by atomic mass is 16.4. The SMILES string of the molecule is CCC(O)c1ccc(C(=O)O)c(N)c1C(O)CC. The Labute approximate surface area is 106 Å². The van der Waals surface area contributed by atoms with E-state index in [2.05, 4.69) is 0 Å². The van der Waals surface area contributed by atoms with Crippen molar-refractivity contribution in [1.29, 1.82) is 0 Å². The van der Waals surface area contributed by atoms with E-state index in [0.717, 1.165) is 0 Å². The van der Waals surface area contributed by atoms with Gasteiger partial charge in [-0.25, -0.2) is 4.79 Å². The molecule has 0 aromatic heterocycles. The van der Waals surface area contributed by atoms with Crippen LogP contribution in [0.25, 0.3) is 0 Å². The largest absolute Gasteiger partial charge is 0.478 e. The Kier molecular flexibility index (Phi) is 4.69. The monoisotopic (exact) mass is 253 g/mol. The first kappa shape index (κ1) is 14.5. The number of carboxylic acids is 1. The molecule has 0 heterocycles. The summed E-state index contributed by atoms with van der Waals surface area (Å²) in [7, 11) is 0. The molecule has 1 rings (SSSR count). The number of benzene rings is 1. The Hall–Kier alpha value is -1.59.